The third-order valence-electron chi connectivity index (χ3n) is 2.33. The van der Waals surface area contributed by atoms with E-state index in [-0.39, 0.29) is 6.10 Å². The van der Waals surface area contributed by atoms with Gasteiger partial charge in [-0.25, -0.2) is 0 Å². The summed E-state index contributed by atoms with van der Waals surface area (Å²) in [6, 6.07) is 0.587. The van der Waals surface area contributed by atoms with Crippen LogP contribution in [0.15, 0.2) is 0 Å². The van der Waals surface area contributed by atoms with E-state index in [4.69, 9.17) is 9.47 Å². The Morgan fingerprint density at radius 1 is 1.50 bits per heavy atom. The number of rotatable bonds is 2. The maximum atomic E-state index is 5.41. The average molecular weight is 173 g/mol. The van der Waals surface area contributed by atoms with E-state index < -0.39 is 0 Å². The lowest BCUT2D eigenvalue weighted by Crippen LogP contribution is -2.38. The van der Waals surface area contributed by atoms with Crippen LogP contribution in [0.25, 0.3) is 0 Å². The van der Waals surface area contributed by atoms with E-state index in [0.29, 0.717) is 6.04 Å². The van der Waals surface area contributed by atoms with Crippen molar-refractivity contribution in [3.05, 3.63) is 0 Å². The second kappa shape index (κ2) is 4.80. The highest BCUT2D eigenvalue weighted by molar-refractivity contribution is 4.71. The smallest absolute Gasteiger partial charge is 0.0931 e. The maximum absolute atomic E-state index is 5.41. The third-order valence-corrected chi connectivity index (χ3v) is 2.33. The zero-order valence-electron chi connectivity index (χ0n) is 8.25. The summed E-state index contributed by atoms with van der Waals surface area (Å²) in [5.74, 6) is 0. The van der Waals surface area contributed by atoms with E-state index in [9.17, 15) is 0 Å². The van der Waals surface area contributed by atoms with Crippen molar-refractivity contribution in [2.24, 2.45) is 0 Å². The largest absolute Gasteiger partial charge is 0.378 e. The van der Waals surface area contributed by atoms with Crippen molar-refractivity contribution in [1.82, 2.24) is 4.90 Å². The van der Waals surface area contributed by atoms with Crippen LogP contribution in [0.4, 0.5) is 0 Å². The van der Waals surface area contributed by atoms with Crippen LogP contribution in [0.3, 0.4) is 0 Å². The fraction of sp³-hybridized carbons (Fsp3) is 1.00. The van der Waals surface area contributed by atoms with E-state index in [1.807, 2.05) is 0 Å². The zero-order valence-corrected chi connectivity index (χ0v) is 8.25. The van der Waals surface area contributed by atoms with Gasteiger partial charge in [-0.2, -0.15) is 0 Å². The summed E-state index contributed by atoms with van der Waals surface area (Å²) in [6.45, 7) is 8.00. The van der Waals surface area contributed by atoms with Crippen molar-refractivity contribution in [3.63, 3.8) is 0 Å². The molecule has 1 rings (SSSR count). The van der Waals surface area contributed by atoms with Gasteiger partial charge >= 0.3 is 0 Å². The topological polar surface area (TPSA) is 21.7 Å². The first-order valence-electron chi connectivity index (χ1n) is 4.58. The highest BCUT2D eigenvalue weighted by Gasteiger charge is 2.19. The van der Waals surface area contributed by atoms with Gasteiger partial charge in [-0.1, -0.05) is 0 Å². The van der Waals surface area contributed by atoms with Gasteiger partial charge in [0.2, 0.25) is 0 Å². The Balaban J connectivity index is 2.42. The molecule has 3 heteroatoms. The van der Waals surface area contributed by atoms with Gasteiger partial charge in [-0.15, -0.1) is 0 Å². The van der Waals surface area contributed by atoms with Crippen molar-refractivity contribution in [1.29, 1.82) is 0 Å². The molecule has 72 valence electrons. The lowest BCUT2D eigenvalue weighted by Gasteiger charge is -2.26. The van der Waals surface area contributed by atoms with E-state index in [2.05, 4.69) is 18.7 Å². The summed E-state index contributed by atoms with van der Waals surface area (Å²) in [5.41, 5.74) is 0. The van der Waals surface area contributed by atoms with Gasteiger partial charge in [0.05, 0.1) is 19.3 Å². The van der Waals surface area contributed by atoms with Crippen LogP contribution in [0, 0.1) is 0 Å². The molecule has 1 saturated heterocycles. The Morgan fingerprint density at radius 3 is 2.83 bits per heavy atom. The molecule has 0 bridgehead atoms. The zero-order chi connectivity index (χ0) is 8.97. The fourth-order valence-corrected chi connectivity index (χ4v) is 1.41. The normalized spacial score (nSPS) is 27.5. The predicted molar refractivity (Wildman–Crippen MR) is 48.3 cm³/mol. The Bertz CT molecular complexity index is 128. The summed E-state index contributed by atoms with van der Waals surface area (Å²) in [6.07, 6.45) is 0.245. The molecule has 1 atom stereocenters. The Hall–Kier alpha value is -0.120. The average Bonchev–Trinajstić information content (AvgIpc) is 2.28. The molecule has 0 spiro atoms. The molecule has 1 fully saturated rings. The quantitative estimate of drug-likeness (QED) is 0.615. The fourth-order valence-electron chi connectivity index (χ4n) is 1.41. The first-order chi connectivity index (χ1) is 5.74. The Kier molecular flexibility index (Phi) is 3.98. The number of methoxy groups -OCH3 is 1. The summed E-state index contributed by atoms with van der Waals surface area (Å²) in [4.78, 5) is 2.39. The molecule has 0 aliphatic carbocycles. The third kappa shape index (κ3) is 2.73. The molecule has 1 aliphatic rings. The van der Waals surface area contributed by atoms with Crippen LogP contribution >= 0.6 is 0 Å². The van der Waals surface area contributed by atoms with E-state index in [1.165, 1.54) is 0 Å². The molecule has 0 aromatic heterocycles. The molecule has 0 amide bonds. The van der Waals surface area contributed by atoms with Crippen LogP contribution in [0.1, 0.15) is 13.8 Å². The first kappa shape index (κ1) is 9.96. The number of hydrogen-bond donors (Lipinski definition) is 0. The summed E-state index contributed by atoms with van der Waals surface area (Å²) in [7, 11) is 1.75. The lowest BCUT2D eigenvalue weighted by atomic mass is 10.2. The van der Waals surface area contributed by atoms with Gasteiger partial charge < -0.3 is 9.47 Å². The van der Waals surface area contributed by atoms with Crippen LogP contribution in [0.5, 0.6) is 0 Å². The highest BCUT2D eigenvalue weighted by atomic mass is 16.5. The standard InChI is InChI=1S/C9H19NO2/c1-8(2)10-4-5-12-7-9(6-10)11-3/h8-9H,4-7H2,1-3H3/t9-/m1/s1. The van der Waals surface area contributed by atoms with Crippen molar-refractivity contribution in [2.75, 3.05) is 33.4 Å². The summed E-state index contributed by atoms with van der Waals surface area (Å²) in [5, 5.41) is 0. The lowest BCUT2D eigenvalue weighted by molar-refractivity contribution is 0.0212. The molecule has 0 unspecified atom stereocenters. The summed E-state index contributed by atoms with van der Waals surface area (Å²) < 4.78 is 10.7. The van der Waals surface area contributed by atoms with Crippen molar-refractivity contribution in [3.8, 4) is 0 Å². The van der Waals surface area contributed by atoms with Crippen LogP contribution in [-0.2, 0) is 9.47 Å². The van der Waals surface area contributed by atoms with Gasteiger partial charge in [-0.05, 0) is 13.8 Å². The van der Waals surface area contributed by atoms with Crippen LogP contribution in [0.2, 0.25) is 0 Å². The number of ether oxygens (including phenoxy) is 2. The highest BCUT2D eigenvalue weighted by Crippen LogP contribution is 2.06. The monoisotopic (exact) mass is 173 g/mol. The van der Waals surface area contributed by atoms with E-state index in [0.717, 1.165) is 26.3 Å². The van der Waals surface area contributed by atoms with Crippen molar-refractivity contribution >= 4 is 0 Å². The molecule has 1 heterocycles. The Labute approximate surface area is 74.6 Å². The van der Waals surface area contributed by atoms with Crippen LogP contribution in [-0.4, -0.2) is 50.5 Å². The second-order valence-electron chi connectivity index (χ2n) is 3.52. The minimum absolute atomic E-state index is 0.245. The molecular weight excluding hydrogens is 154 g/mol. The molecule has 0 aromatic carbocycles. The molecule has 0 N–H and O–H groups in total. The SMILES string of the molecule is CO[C@H]1COCCN(C(C)C)C1. The molecule has 3 nitrogen and oxygen atoms in total. The van der Waals surface area contributed by atoms with E-state index >= 15 is 0 Å². The van der Waals surface area contributed by atoms with Gasteiger partial charge in [0.15, 0.2) is 0 Å². The maximum Gasteiger partial charge on any atom is 0.0931 e. The Morgan fingerprint density at radius 2 is 2.25 bits per heavy atom. The molecule has 12 heavy (non-hydrogen) atoms. The molecular formula is C9H19NO2. The molecule has 0 aromatic rings. The first-order valence-corrected chi connectivity index (χ1v) is 4.58. The number of nitrogens with zero attached hydrogens (tertiary/aromatic N) is 1. The van der Waals surface area contributed by atoms with Gasteiger partial charge in [-0.3, -0.25) is 4.90 Å². The molecule has 0 radical (unpaired) electrons. The van der Waals surface area contributed by atoms with Crippen molar-refractivity contribution in [2.45, 2.75) is 26.0 Å². The minimum atomic E-state index is 0.245. The van der Waals surface area contributed by atoms with E-state index in [1.54, 1.807) is 7.11 Å². The predicted octanol–water partition coefficient (Wildman–Crippen LogP) is 0.742. The number of hydrogen-bond acceptors (Lipinski definition) is 3. The van der Waals surface area contributed by atoms with Gasteiger partial charge in [0, 0.05) is 26.2 Å². The minimum Gasteiger partial charge on any atom is -0.378 e. The van der Waals surface area contributed by atoms with Gasteiger partial charge in [0.25, 0.3) is 0 Å². The molecule has 0 saturated carbocycles. The second-order valence-corrected chi connectivity index (χ2v) is 3.52. The van der Waals surface area contributed by atoms with Gasteiger partial charge in [0.1, 0.15) is 0 Å². The van der Waals surface area contributed by atoms with Crippen molar-refractivity contribution < 1.29 is 9.47 Å². The summed E-state index contributed by atoms with van der Waals surface area (Å²) >= 11 is 0. The molecule has 1 aliphatic heterocycles. The van der Waals surface area contributed by atoms with Crippen LogP contribution < -0.4 is 0 Å².